The van der Waals surface area contributed by atoms with Crippen molar-refractivity contribution in [2.45, 2.75) is 45.4 Å². The molecule has 1 aliphatic carbocycles. The summed E-state index contributed by atoms with van der Waals surface area (Å²) in [6.45, 7) is 3.80. The Morgan fingerprint density at radius 3 is 2.50 bits per heavy atom. The highest BCUT2D eigenvalue weighted by atomic mass is 32.1. The van der Waals surface area contributed by atoms with E-state index in [9.17, 15) is 4.79 Å². The lowest BCUT2D eigenvalue weighted by Gasteiger charge is -2.39. The van der Waals surface area contributed by atoms with E-state index in [0.717, 1.165) is 23.7 Å². The van der Waals surface area contributed by atoms with Crippen LogP contribution in [0.4, 0.5) is 0 Å². The van der Waals surface area contributed by atoms with Crippen LogP contribution >= 0.6 is 11.3 Å². The van der Waals surface area contributed by atoms with Crippen LogP contribution in [-0.4, -0.2) is 28.9 Å². The third-order valence-corrected chi connectivity index (χ3v) is 5.63. The molecule has 3 rings (SSSR count). The summed E-state index contributed by atoms with van der Waals surface area (Å²) in [6, 6.07) is 0. The third-order valence-electron chi connectivity index (χ3n) is 4.72. The molecule has 0 atom stereocenters. The Kier molecular flexibility index (Phi) is 3.14. The molecular weight excluding hydrogens is 244 g/mol. The van der Waals surface area contributed by atoms with Crippen LogP contribution in [0.2, 0.25) is 0 Å². The molecule has 98 valence electrons. The second-order valence-electron chi connectivity index (χ2n) is 5.77. The summed E-state index contributed by atoms with van der Waals surface area (Å²) >= 11 is 1.47. The van der Waals surface area contributed by atoms with E-state index in [1.807, 2.05) is 11.8 Å². The monoisotopic (exact) mass is 264 g/mol. The average Bonchev–Trinajstić information content (AvgIpc) is 2.99. The zero-order valence-corrected chi connectivity index (χ0v) is 11.8. The molecule has 0 unspecified atom stereocenters. The highest BCUT2D eigenvalue weighted by molar-refractivity contribution is 7.11. The Labute approximate surface area is 112 Å². The van der Waals surface area contributed by atoms with Crippen molar-refractivity contribution in [2.75, 3.05) is 13.1 Å². The van der Waals surface area contributed by atoms with Gasteiger partial charge in [-0.15, -0.1) is 11.3 Å². The lowest BCUT2D eigenvalue weighted by Crippen LogP contribution is -2.42. The molecule has 1 spiro atoms. The average molecular weight is 264 g/mol. The van der Waals surface area contributed by atoms with E-state index < -0.39 is 0 Å². The number of hydrogen-bond donors (Lipinski definition) is 0. The fourth-order valence-corrected chi connectivity index (χ4v) is 4.23. The van der Waals surface area contributed by atoms with Gasteiger partial charge in [-0.3, -0.25) is 4.79 Å². The Morgan fingerprint density at radius 1 is 1.28 bits per heavy atom. The molecule has 1 aromatic rings. The van der Waals surface area contributed by atoms with Gasteiger partial charge in [-0.25, -0.2) is 4.98 Å². The summed E-state index contributed by atoms with van der Waals surface area (Å²) in [7, 11) is 0. The minimum atomic E-state index is 0.197. The van der Waals surface area contributed by atoms with Crippen LogP contribution in [0.15, 0.2) is 5.51 Å². The summed E-state index contributed by atoms with van der Waals surface area (Å²) in [5, 5.41) is 0. The van der Waals surface area contributed by atoms with Crippen LogP contribution in [0.5, 0.6) is 0 Å². The molecule has 0 aromatic carbocycles. The molecule has 3 nitrogen and oxygen atoms in total. The first-order valence-electron chi connectivity index (χ1n) is 6.90. The summed E-state index contributed by atoms with van der Waals surface area (Å²) < 4.78 is 0. The Bertz CT molecular complexity index is 438. The van der Waals surface area contributed by atoms with Crippen LogP contribution < -0.4 is 0 Å². The molecule has 2 aliphatic rings. The van der Waals surface area contributed by atoms with Crippen LogP contribution in [0.25, 0.3) is 0 Å². The fraction of sp³-hybridized carbons (Fsp3) is 0.714. The highest BCUT2D eigenvalue weighted by Gasteiger charge is 2.38. The largest absolute Gasteiger partial charge is 0.338 e. The molecule has 18 heavy (non-hydrogen) atoms. The maximum absolute atomic E-state index is 12.4. The molecule has 4 heteroatoms. The van der Waals surface area contributed by atoms with Crippen molar-refractivity contribution in [3.8, 4) is 0 Å². The van der Waals surface area contributed by atoms with Gasteiger partial charge in [0.2, 0.25) is 0 Å². The number of aryl methyl sites for hydroxylation is 1. The normalized spacial score (nSPS) is 22.6. The molecule has 1 aliphatic heterocycles. The van der Waals surface area contributed by atoms with Gasteiger partial charge in [0.25, 0.3) is 5.91 Å². The van der Waals surface area contributed by atoms with Gasteiger partial charge in [0.05, 0.1) is 11.2 Å². The SMILES string of the molecule is Cc1ncsc1C(=O)N1CCC2(CCCC2)CC1. The van der Waals surface area contributed by atoms with E-state index in [1.54, 1.807) is 5.51 Å². The van der Waals surface area contributed by atoms with Crippen LogP contribution in [-0.2, 0) is 0 Å². The maximum atomic E-state index is 12.4. The molecule has 1 saturated heterocycles. The minimum Gasteiger partial charge on any atom is -0.338 e. The zero-order chi connectivity index (χ0) is 12.6. The predicted molar refractivity (Wildman–Crippen MR) is 72.9 cm³/mol. The molecule has 0 radical (unpaired) electrons. The minimum absolute atomic E-state index is 0.197. The van der Waals surface area contributed by atoms with Crippen molar-refractivity contribution in [1.29, 1.82) is 0 Å². The molecule has 1 aromatic heterocycles. The molecule has 0 bridgehead atoms. The van der Waals surface area contributed by atoms with Gasteiger partial charge in [0.15, 0.2) is 0 Å². The third kappa shape index (κ3) is 2.07. The van der Waals surface area contributed by atoms with Crippen molar-refractivity contribution >= 4 is 17.2 Å². The number of piperidine rings is 1. The number of carbonyl (C=O) groups excluding carboxylic acids is 1. The van der Waals surface area contributed by atoms with E-state index in [1.165, 1.54) is 49.9 Å². The quantitative estimate of drug-likeness (QED) is 0.780. The van der Waals surface area contributed by atoms with Gasteiger partial charge < -0.3 is 4.90 Å². The number of rotatable bonds is 1. The zero-order valence-electron chi connectivity index (χ0n) is 10.9. The lowest BCUT2D eigenvalue weighted by molar-refractivity contribution is 0.0591. The van der Waals surface area contributed by atoms with Crippen molar-refractivity contribution in [3.63, 3.8) is 0 Å². The van der Waals surface area contributed by atoms with E-state index in [0.29, 0.717) is 5.41 Å². The highest BCUT2D eigenvalue weighted by Crippen LogP contribution is 2.46. The molecule has 2 heterocycles. The summed E-state index contributed by atoms with van der Waals surface area (Å²) in [4.78, 5) is 19.4. The van der Waals surface area contributed by atoms with Crippen LogP contribution in [0.1, 0.15) is 53.9 Å². The molecule has 1 saturated carbocycles. The fourth-order valence-electron chi connectivity index (χ4n) is 3.46. The van der Waals surface area contributed by atoms with Gasteiger partial charge in [-0.05, 0) is 38.0 Å². The first-order chi connectivity index (χ1) is 8.70. The van der Waals surface area contributed by atoms with E-state index in [4.69, 9.17) is 0 Å². The summed E-state index contributed by atoms with van der Waals surface area (Å²) in [5.74, 6) is 0.197. The van der Waals surface area contributed by atoms with Crippen LogP contribution in [0, 0.1) is 12.3 Å². The molecule has 0 N–H and O–H groups in total. The van der Waals surface area contributed by atoms with E-state index >= 15 is 0 Å². The first kappa shape index (κ1) is 12.2. The topological polar surface area (TPSA) is 33.2 Å². The van der Waals surface area contributed by atoms with Gasteiger partial charge in [0, 0.05) is 13.1 Å². The predicted octanol–water partition coefficient (Wildman–Crippen LogP) is 3.25. The van der Waals surface area contributed by atoms with Gasteiger partial charge in [-0.1, -0.05) is 12.8 Å². The number of aromatic nitrogens is 1. The van der Waals surface area contributed by atoms with Crippen LogP contribution in [0.3, 0.4) is 0 Å². The van der Waals surface area contributed by atoms with Crippen molar-refractivity contribution in [3.05, 3.63) is 16.1 Å². The number of likely N-dealkylation sites (tertiary alicyclic amines) is 1. The van der Waals surface area contributed by atoms with E-state index in [2.05, 4.69) is 4.98 Å². The number of nitrogens with zero attached hydrogens (tertiary/aromatic N) is 2. The van der Waals surface area contributed by atoms with Crippen molar-refractivity contribution in [1.82, 2.24) is 9.88 Å². The number of hydrogen-bond acceptors (Lipinski definition) is 3. The molecule has 1 amide bonds. The van der Waals surface area contributed by atoms with Crippen molar-refractivity contribution in [2.24, 2.45) is 5.41 Å². The number of amides is 1. The summed E-state index contributed by atoms with van der Waals surface area (Å²) in [6.07, 6.45) is 7.96. The molecular formula is C14H20N2OS. The lowest BCUT2D eigenvalue weighted by atomic mass is 9.77. The van der Waals surface area contributed by atoms with Gasteiger partial charge in [-0.2, -0.15) is 0 Å². The second-order valence-corrected chi connectivity index (χ2v) is 6.62. The smallest absolute Gasteiger partial charge is 0.265 e. The summed E-state index contributed by atoms with van der Waals surface area (Å²) in [5.41, 5.74) is 3.23. The first-order valence-corrected chi connectivity index (χ1v) is 7.78. The number of carbonyl (C=O) groups is 1. The Hall–Kier alpha value is -0.900. The van der Waals surface area contributed by atoms with Crippen molar-refractivity contribution < 1.29 is 4.79 Å². The Balaban J connectivity index is 1.66. The molecule has 2 fully saturated rings. The van der Waals surface area contributed by atoms with E-state index in [-0.39, 0.29) is 5.91 Å². The van der Waals surface area contributed by atoms with Gasteiger partial charge >= 0.3 is 0 Å². The van der Waals surface area contributed by atoms with Gasteiger partial charge in [0.1, 0.15) is 4.88 Å². The Morgan fingerprint density at radius 2 is 1.94 bits per heavy atom. The second kappa shape index (κ2) is 4.65. The number of thiazole rings is 1. The maximum Gasteiger partial charge on any atom is 0.265 e. The standard InChI is InChI=1S/C14H20N2OS/c1-11-12(18-10-15-11)13(17)16-8-6-14(7-9-16)4-2-3-5-14/h10H,2-9H2,1H3.